The predicted octanol–water partition coefficient (Wildman–Crippen LogP) is 5.20. The van der Waals surface area contributed by atoms with Crippen LogP contribution in [0.25, 0.3) is 0 Å². The van der Waals surface area contributed by atoms with Crippen molar-refractivity contribution in [1.29, 1.82) is 0 Å². The highest BCUT2D eigenvalue weighted by Gasteiger charge is 2.05. The van der Waals surface area contributed by atoms with Crippen molar-refractivity contribution in [3.8, 4) is 11.5 Å². The SMILES string of the molecule is CCCOc1ccc(C=Nc2cc(Cl)ccc2C)cc1OC. The van der Waals surface area contributed by atoms with Crippen molar-refractivity contribution in [1.82, 2.24) is 0 Å². The Balaban J connectivity index is 2.22. The van der Waals surface area contributed by atoms with Gasteiger partial charge in [-0.05, 0) is 54.8 Å². The van der Waals surface area contributed by atoms with E-state index < -0.39 is 0 Å². The summed E-state index contributed by atoms with van der Waals surface area (Å²) in [6, 6.07) is 11.4. The number of benzene rings is 2. The number of ether oxygens (including phenoxy) is 2. The molecule has 0 spiro atoms. The average Bonchev–Trinajstić information content (AvgIpc) is 2.54. The Labute approximate surface area is 136 Å². The Morgan fingerprint density at radius 1 is 1.14 bits per heavy atom. The van der Waals surface area contributed by atoms with E-state index in [0.29, 0.717) is 17.4 Å². The van der Waals surface area contributed by atoms with Gasteiger partial charge < -0.3 is 9.47 Å². The molecule has 0 unspecified atom stereocenters. The zero-order valence-corrected chi connectivity index (χ0v) is 13.9. The van der Waals surface area contributed by atoms with Crippen molar-refractivity contribution in [3.05, 3.63) is 52.5 Å². The lowest BCUT2D eigenvalue weighted by atomic mass is 10.2. The maximum absolute atomic E-state index is 6.01. The van der Waals surface area contributed by atoms with E-state index >= 15 is 0 Å². The summed E-state index contributed by atoms with van der Waals surface area (Å²) in [6.07, 6.45) is 2.76. The van der Waals surface area contributed by atoms with Gasteiger partial charge in [-0.15, -0.1) is 0 Å². The number of methoxy groups -OCH3 is 1. The summed E-state index contributed by atoms with van der Waals surface area (Å²) in [5, 5.41) is 0.679. The van der Waals surface area contributed by atoms with Crippen molar-refractivity contribution in [2.45, 2.75) is 20.3 Å². The second kappa shape index (κ2) is 7.85. The van der Waals surface area contributed by atoms with E-state index in [9.17, 15) is 0 Å². The molecule has 0 aliphatic carbocycles. The molecule has 2 aromatic carbocycles. The van der Waals surface area contributed by atoms with Crippen LogP contribution >= 0.6 is 11.6 Å². The van der Waals surface area contributed by atoms with E-state index in [0.717, 1.165) is 29.0 Å². The number of aliphatic imine (C=N–C) groups is 1. The fourth-order valence-corrected chi connectivity index (χ4v) is 2.13. The number of nitrogens with zero attached hydrogens (tertiary/aromatic N) is 1. The van der Waals surface area contributed by atoms with Crippen LogP contribution in [0, 0.1) is 6.92 Å². The zero-order valence-electron chi connectivity index (χ0n) is 13.1. The molecule has 0 amide bonds. The lowest BCUT2D eigenvalue weighted by Gasteiger charge is -2.10. The molecule has 0 aliphatic heterocycles. The first-order chi connectivity index (χ1) is 10.6. The standard InChI is InChI=1S/C18H20ClNO2/c1-4-9-22-17-8-6-14(10-18(17)21-3)12-20-16-11-15(19)7-5-13(16)2/h5-8,10-12H,4,9H2,1-3H3. The average molecular weight is 318 g/mol. The number of halogens is 1. The van der Waals surface area contributed by atoms with Gasteiger partial charge in [-0.3, -0.25) is 4.99 Å². The third-order valence-corrected chi connectivity index (χ3v) is 3.41. The number of hydrogen-bond donors (Lipinski definition) is 0. The van der Waals surface area contributed by atoms with Gasteiger partial charge in [-0.1, -0.05) is 24.6 Å². The largest absolute Gasteiger partial charge is 0.493 e. The third kappa shape index (κ3) is 4.25. The summed E-state index contributed by atoms with van der Waals surface area (Å²) >= 11 is 6.01. The van der Waals surface area contributed by atoms with Gasteiger partial charge in [0.25, 0.3) is 0 Å². The Morgan fingerprint density at radius 2 is 1.95 bits per heavy atom. The fourth-order valence-electron chi connectivity index (χ4n) is 1.96. The smallest absolute Gasteiger partial charge is 0.161 e. The lowest BCUT2D eigenvalue weighted by Crippen LogP contribution is -1.98. The van der Waals surface area contributed by atoms with Gasteiger partial charge in [-0.25, -0.2) is 0 Å². The molecule has 0 bridgehead atoms. The van der Waals surface area contributed by atoms with E-state index in [4.69, 9.17) is 21.1 Å². The molecule has 2 rings (SSSR count). The van der Waals surface area contributed by atoms with E-state index in [1.807, 2.05) is 43.3 Å². The molecule has 3 nitrogen and oxygen atoms in total. The number of aryl methyl sites for hydroxylation is 1. The normalized spacial score (nSPS) is 10.9. The van der Waals surface area contributed by atoms with Gasteiger partial charge in [0, 0.05) is 11.2 Å². The summed E-state index contributed by atoms with van der Waals surface area (Å²) in [5.41, 5.74) is 2.88. The quantitative estimate of drug-likeness (QED) is 0.686. The minimum atomic E-state index is 0.672. The molecule has 0 N–H and O–H groups in total. The van der Waals surface area contributed by atoms with Gasteiger partial charge >= 0.3 is 0 Å². The van der Waals surface area contributed by atoms with Crippen molar-refractivity contribution in [2.75, 3.05) is 13.7 Å². The Morgan fingerprint density at radius 3 is 2.68 bits per heavy atom. The van der Waals surface area contributed by atoms with Crippen LogP contribution in [0.15, 0.2) is 41.4 Å². The molecule has 0 heterocycles. The van der Waals surface area contributed by atoms with Gasteiger partial charge in [0.05, 0.1) is 19.4 Å². The molecule has 22 heavy (non-hydrogen) atoms. The van der Waals surface area contributed by atoms with E-state index in [-0.39, 0.29) is 0 Å². The van der Waals surface area contributed by atoms with Crippen molar-refractivity contribution < 1.29 is 9.47 Å². The molecule has 0 saturated heterocycles. The van der Waals surface area contributed by atoms with E-state index in [2.05, 4.69) is 11.9 Å². The Bertz CT molecular complexity index is 668. The van der Waals surface area contributed by atoms with Crippen LogP contribution in [0.4, 0.5) is 5.69 Å². The summed E-state index contributed by atoms with van der Waals surface area (Å²) in [7, 11) is 1.64. The maximum atomic E-state index is 6.01. The number of hydrogen-bond acceptors (Lipinski definition) is 3. The molecule has 0 radical (unpaired) electrons. The first kappa shape index (κ1) is 16.4. The molecular formula is C18H20ClNO2. The van der Waals surface area contributed by atoms with Crippen molar-refractivity contribution in [2.24, 2.45) is 4.99 Å². The van der Waals surface area contributed by atoms with Crippen LogP contribution in [0.1, 0.15) is 24.5 Å². The van der Waals surface area contributed by atoms with Crippen molar-refractivity contribution in [3.63, 3.8) is 0 Å². The lowest BCUT2D eigenvalue weighted by molar-refractivity contribution is 0.294. The first-order valence-electron chi connectivity index (χ1n) is 7.25. The van der Waals surface area contributed by atoms with Crippen LogP contribution in [0.2, 0.25) is 5.02 Å². The number of rotatable bonds is 6. The summed E-state index contributed by atoms with van der Waals surface area (Å²) in [5.74, 6) is 1.46. The second-order valence-electron chi connectivity index (χ2n) is 4.95. The Hall–Kier alpha value is -2.00. The minimum absolute atomic E-state index is 0.672. The first-order valence-corrected chi connectivity index (χ1v) is 7.63. The highest BCUT2D eigenvalue weighted by atomic mass is 35.5. The molecule has 0 fully saturated rings. The van der Waals surface area contributed by atoms with Crippen molar-refractivity contribution >= 4 is 23.5 Å². The molecule has 116 valence electrons. The topological polar surface area (TPSA) is 30.8 Å². The van der Waals surface area contributed by atoms with Crippen LogP contribution in [0.3, 0.4) is 0 Å². The van der Waals surface area contributed by atoms with Crippen LogP contribution in [-0.4, -0.2) is 19.9 Å². The molecule has 2 aromatic rings. The summed E-state index contributed by atoms with van der Waals surface area (Å²) < 4.78 is 11.0. The van der Waals surface area contributed by atoms with Gasteiger partial charge in [0.15, 0.2) is 11.5 Å². The highest BCUT2D eigenvalue weighted by molar-refractivity contribution is 6.30. The zero-order chi connectivity index (χ0) is 15.9. The van der Waals surface area contributed by atoms with E-state index in [1.165, 1.54) is 0 Å². The predicted molar refractivity (Wildman–Crippen MR) is 92.2 cm³/mol. The molecule has 0 atom stereocenters. The molecular weight excluding hydrogens is 298 g/mol. The van der Waals surface area contributed by atoms with Crippen LogP contribution < -0.4 is 9.47 Å². The second-order valence-corrected chi connectivity index (χ2v) is 5.38. The van der Waals surface area contributed by atoms with E-state index in [1.54, 1.807) is 13.3 Å². The third-order valence-electron chi connectivity index (χ3n) is 3.17. The van der Waals surface area contributed by atoms with Gasteiger partial charge in [0.1, 0.15) is 0 Å². The molecule has 0 saturated carbocycles. The minimum Gasteiger partial charge on any atom is -0.493 e. The Kier molecular flexibility index (Phi) is 5.84. The molecule has 0 aromatic heterocycles. The van der Waals surface area contributed by atoms with Crippen LogP contribution in [-0.2, 0) is 0 Å². The summed E-state index contributed by atoms with van der Waals surface area (Å²) in [6.45, 7) is 4.75. The highest BCUT2D eigenvalue weighted by Crippen LogP contribution is 2.28. The fraction of sp³-hybridized carbons (Fsp3) is 0.278. The maximum Gasteiger partial charge on any atom is 0.161 e. The molecule has 0 aliphatic rings. The molecule has 4 heteroatoms. The van der Waals surface area contributed by atoms with Gasteiger partial charge in [-0.2, -0.15) is 0 Å². The summed E-state index contributed by atoms with van der Waals surface area (Å²) in [4.78, 5) is 4.50. The van der Waals surface area contributed by atoms with Crippen LogP contribution in [0.5, 0.6) is 11.5 Å². The van der Waals surface area contributed by atoms with Gasteiger partial charge in [0.2, 0.25) is 0 Å². The monoisotopic (exact) mass is 317 g/mol.